The molecule has 1 aromatic carbocycles. The average Bonchev–Trinajstić information content (AvgIpc) is 2.78. The number of rotatable bonds is 3. The zero-order chi connectivity index (χ0) is 8.55. The third kappa shape index (κ3) is 1.25. The molecule has 0 atom stereocenters. The molecule has 2 rings (SSSR count). The van der Waals surface area contributed by atoms with Gasteiger partial charge in [0.1, 0.15) is 0 Å². The lowest BCUT2D eigenvalue weighted by Crippen LogP contribution is -1.96. The van der Waals surface area contributed by atoms with Gasteiger partial charge in [-0.05, 0) is 18.1 Å². The number of aliphatic carboxylic acids is 1. The van der Waals surface area contributed by atoms with Crippen LogP contribution in [0.5, 0.6) is 11.5 Å². The number of fused-ring (bicyclic) bond motifs is 1. The molecule has 3 heteroatoms. The van der Waals surface area contributed by atoms with Crippen LogP contribution in [0.25, 0.3) is 0 Å². The van der Waals surface area contributed by atoms with Crippen LogP contribution in [0, 0.1) is 0 Å². The van der Waals surface area contributed by atoms with Gasteiger partial charge in [-0.3, -0.25) is 4.79 Å². The second kappa shape index (κ2) is 2.52. The van der Waals surface area contributed by atoms with Gasteiger partial charge in [-0.15, -0.1) is 0 Å². The molecule has 0 radical (unpaired) electrons. The van der Waals surface area contributed by atoms with E-state index in [2.05, 4.69) is 0 Å². The molecular weight excluding hydrogens is 156 g/mol. The number of carboxylic acid groups (broad SMARTS) is 1. The smallest absolute Gasteiger partial charge is 0.303 e. The van der Waals surface area contributed by atoms with Gasteiger partial charge in [0, 0.05) is 6.42 Å². The fourth-order valence-corrected chi connectivity index (χ4v) is 1.18. The number of carbonyl (C=O) groups is 1. The molecule has 1 aromatic rings. The van der Waals surface area contributed by atoms with E-state index >= 15 is 0 Å². The zero-order valence-corrected chi connectivity index (χ0v) is 6.41. The highest BCUT2D eigenvalue weighted by Crippen LogP contribution is 2.47. The highest BCUT2D eigenvalue weighted by molar-refractivity contribution is 5.68. The van der Waals surface area contributed by atoms with Crippen LogP contribution in [-0.2, 0) is 11.2 Å². The molecule has 3 nitrogen and oxygen atoms in total. The molecule has 0 bridgehead atoms. The molecule has 0 fully saturated rings. The standard InChI is InChI=1S/C9H8O3/c10-8(11)5-4-6-2-1-3-7-9(6)12-7/h1-3H,4-5H2,(H,10,11). The summed E-state index contributed by atoms with van der Waals surface area (Å²) in [6.07, 6.45) is 0.721. The summed E-state index contributed by atoms with van der Waals surface area (Å²) in [6.45, 7) is 0. The first-order valence-corrected chi connectivity index (χ1v) is 3.79. The summed E-state index contributed by atoms with van der Waals surface area (Å²) in [5.74, 6) is 0.991. The van der Waals surface area contributed by atoms with Crippen molar-refractivity contribution in [2.24, 2.45) is 0 Å². The number of hydrogen-bond acceptors (Lipinski definition) is 2. The number of aryl methyl sites for hydroxylation is 1. The maximum Gasteiger partial charge on any atom is 0.303 e. The van der Waals surface area contributed by atoms with Crippen molar-refractivity contribution in [3.05, 3.63) is 23.8 Å². The predicted molar refractivity (Wildman–Crippen MR) is 42.5 cm³/mol. The molecular formula is C9H8O3. The van der Waals surface area contributed by atoms with Crippen molar-refractivity contribution in [1.29, 1.82) is 0 Å². The molecule has 0 saturated heterocycles. The quantitative estimate of drug-likeness (QED) is 0.704. The third-order valence-corrected chi connectivity index (χ3v) is 1.84. The Morgan fingerprint density at radius 2 is 2.33 bits per heavy atom. The molecule has 0 saturated carbocycles. The molecule has 0 aromatic heterocycles. The summed E-state index contributed by atoms with van der Waals surface area (Å²) >= 11 is 0. The predicted octanol–water partition coefficient (Wildman–Crippen LogP) is 1.81. The van der Waals surface area contributed by atoms with Gasteiger partial charge in [-0.1, -0.05) is 12.1 Å². The fraction of sp³-hybridized carbons (Fsp3) is 0.222. The van der Waals surface area contributed by atoms with E-state index in [4.69, 9.17) is 9.84 Å². The number of carboxylic acids is 1. The molecule has 0 amide bonds. The van der Waals surface area contributed by atoms with E-state index in [1.165, 1.54) is 0 Å². The number of hydrogen-bond donors (Lipinski definition) is 1. The molecule has 0 unspecified atom stereocenters. The minimum Gasteiger partial charge on any atom is -0.481 e. The van der Waals surface area contributed by atoms with E-state index in [0.717, 1.165) is 17.1 Å². The van der Waals surface area contributed by atoms with Crippen LogP contribution in [0.2, 0.25) is 0 Å². The lowest BCUT2D eigenvalue weighted by Gasteiger charge is -1.92. The van der Waals surface area contributed by atoms with Crippen molar-refractivity contribution >= 4 is 5.97 Å². The molecule has 62 valence electrons. The van der Waals surface area contributed by atoms with Crippen LogP contribution >= 0.6 is 0 Å². The van der Waals surface area contributed by atoms with Crippen LogP contribution in [0.3, 0.4) is 0 Å². The van der Waals surface area contributed by atoms with Gasteiger partial charge in [0.15, 0.2) is 11.5 Å². The number of para-hydroxylation sites is 1. The lowest BCUT2D eigenvalue weighted by molar-refractivity contribution is -0.136. The highest BCUT2D eigenvalue weighted by atomic mass is 16.6. The fourth-order valence-electron chi connectivity index (χ4n) is 1.18. The molecule has 1 aliphatic rings. The summed E-state index contributed by atoms with van der Waals surface area (Å²) in [5.41, 5.74) is 0.995. The lowest BCUT2D eigenvalue weighted by atomic mass is 10.1. The first-order valence-electron chi connectivity index (χ1n) is 3.79. The molecule has 1 N–H and O–H groups in total. The summed E-state index contributed by atoms with van der Waals surface area (Å²) in [5, 5.41) is 8.44. The Bertz CT molecular complexity index is 331. The second-order valence-electron chi connectivity index (χ2n) is 2.74. The van der Waals surface area contributed by atoms with Gasteiger partial charge in [0.05, 0.1) is 0 Å². The van der Waals surface area contributed by atoms with Crippen LogP contribution in [0.4, 0.5) is 0 Å². The number of benzene rings is 1. The number of ether oxygens (including phenoxy) is 1. The van der Waals surface area contributed by atoms with Gasteiger partial charge in [0.2, 0.25) is 0 Å². The minimum atomic E-state index is -0.770. The summed E-state index contributed by atoms with van der Waals surface area (Å²) in [7, 11) is 0. The first-order chi connectivity index (χ1) is 5.77. The molecule has 1 heterocycles. The largest absolute Gasteiger partial charge is 0.481 e. The van der Waals surface area contributed by atoms with Crippen molar-refractivity contribution in [1.82, 2.24) is 0 Å². The average molecular weight is 164 g/mol. The highest BCUT2D eigenvalue weighted by Gasteiger charge is 2.23. The monoisotopic (exact) mass is 164 g/mol. The Hall–Kier alpha value is -1.51. The maximum atomic E-state index is 10.3. The van der Waals surface area contributed by atoms with Crippen molar-refractivity contribution in [3.8, 4) is 11.5 Å². The van der Waals surface area contributed by atoms with Gasteiger partial charge in [0.25, 0.3) is 0 Å². The van der Waals surface area contributed by atoms with Crippen LogP contribution < -0.4 is 4.74 Å². The van der Waals surface area contributed by atoms with Gasteiger partial charge < -0.3 is 9.84 Å². The van der Waals surface area contributed by atoms with Crippen LogP contribution in [-0.4, -0.2) is 11.1 Å². The van der Waals surface area contributed by atoms with Gasteiger partial charge in [-0.25, -0.2) is 0 Å². The summed E-state index contributed by atoms with van der Waals surface area (Å²) in [4.78, 5) is 10.3. The van der Waals surface area contributed by atoms with Crippen molar-refractivity contribution in [2.75, 3.05) is 0 Å². The van der Waals surface area contributed by atoms with Crippen molar-refractivity contribution in [3.63, 3.8) is 0 Å². The Labute approximate surface area is 69.6 Å². The van der Waals surface area contributed by atoms with E-state index < -0.39 is 5.97 Å². The van der Waals surface area contributed by atoms with E-state index in [1.807, 2.05) is 18.2 Å². The Balaban J connectivity index is 2.06. The van der Waals surface area contributed by atoms with E-state index in [1.54, 1.807) is 0 Å². The van der Waals surface area contributed by atoms with Gasteiger partial charge in [-0.2, -0.15) is 0 Å². The Morgan fingerprint density at radius 1 is 1.50 bits per heavy atom. The summed E-state index contributed by atoms with van der Waals surface area (Å²) < 4.78 is 5.11. The summed E-state index contributed by atoms with van der Waals surface area (Å²) in [6, 6.07) is 5.65. The first kappa shape index (κ1) is 7.16. The molecule has 0 spiro atoms. The van der Waals surface area contributed by atoms with Crippen LogP contribution in [0.15, 0.2) is 18.2 Å². The molecule has 0 aliphatic carbocycles. The van der Waals surface area contributed by atoms with E-state index in [-0.39, 0.29) is 6.42 Å². The normalized spacial score (nSPS) is 11.7. The third-order valence-electron chi connectivity index (χ3n) is 1.84. The SMILES string of the molecule is O=C(O)CCc1cccc2c1O2. The Kier molecular flexibility index (Phi) is 1.50. The van der Waals surface area contributed by atoms with Crippen molar-refractivity contribution in [2.45, 2.75) is 12.8 Å². The van der Waals surface area contributed by atoms with Gasteiger partial charge >= 0.3 is 5.97 Å². The van der Waals surface area contributed by atoms with E-state index in [0.29, 0.717) is 6.42 Å². The van der Waals surface area contributed by atoms with E-state index in [9.17, 15) is 4.79 Å². The Morgan fingerprint density at radius 3 is 3.08 bits per heavy atom. The molecule has 12 heavy (non-hydrogen) atoms. The van der Waals surface area contributed by atoms with Crippen LogP contribution in [0.1, 0.15) is 12.0 Å². The molecule has 1 aliphatic heterocycles. The minimum absolute atomic E-state index is 0.166. The maximum absolute atomic E-state index is 10.3. The second-order valence-corrected chi connectivity index (χ2v) is 2.74. The van der Waals surface area contributed by atoms with Crippen molar-refractivity contribution < 1.29 is 14.6 Å². The zero-order valence-electron chi connectivity index (χ0n) is 6.41. The topological polar surface area (TPSA) is 49.8 Å².